The van der Waals surface area contributed by atoms with E-state index in [1.165, 1.54) is 18.4 Å². The molecule has 0 atom stereocenters. The van der Waals surface area contributed by atoms with E-state index in [1.54, 1.807) is 0 Å². The van der Waals surface area contributed by atoms with E-state index >= 15 is 0 Å². The van der Waals surface area contributed by atoms with Crippen molar-refractivity contribution < 1.29 is 14.3 Å². The lowest BCUT2D eigenvalue weighted by Crippen LogP contribution is -2.43. The highest BCUT2D eigenvalue weighted by atomic mass is 16.5. The number of carbonyl (C=O) groups excluding carboxylic acids is 1. The van der Waals surface area contributed by atoms with E-state index in [-0.39, 0.29) is 5.97 Å². The molecule has 2 aromatic rings. The second kappa shape index (κ2) is 7.50. The summed E-state index contributed by atoms with van der Waals surface area (Å²) < 4.78 is 11.5. The largest absolute Gasteiger partial charge is 0.491 e. The van der Waals surface area contributed by atoms with Gasteiger partial charge in [-0.05, 0) is 68.7 Å². The molecule has 0 amide bonds. The first kappa shape index (κ1) is 18.9. The molecule has 4 nitrogen and oxygen atoms in total. The van der Waals surface area contributed by atoms with Crippen LogP contribution in [0.5, 0.6) is 5.75 Å². The molecule has 2 N–H and O–H groups in total. The van der Waals surface area contributed by atoms with Crippen molar-refractivity contribution in [1.82, 2.24) is 0 Å². The molecule has 28 heavy (non-hydrogen) atoms. The molecule has 0 heterocycles. The first-order chi connectivity index (χ1) is 13.5. The van der Waals surface area contributed by atoms with Crippen LogP contribution in [0.25, 0.3) is 11.1 Å². The molecule has 0 saturated heterocycles. The summed E-state index contributed by atoms with van der Waals surface area (Å²) >= 11 is 0. The van der Waals surface area contributed by atoms with Gasteiger partial charge >= 0.3 is 5.97 Å². The third kappa shape index (κ3) is 3.48. The number of anilines is 1. The Morgan fingerprint density at radius 1 is 1.18 bits per heavy atom. The van der Waals surface area contributed by atoms with Crippen LogP contribution in [0.1, 0.15) is 50.2 Å². The molecular weight excluding hydrogens is 350 g/mol. The summed E-state index contributed by atoms with van der Waals surface area (Å²) in [5, 5.41) is 0. The summed E-state index contributed by atoms with van der Waals surface area (Å²) in [6.45, 7) is 5.01. The number of carbonyl (C=O) groups is 1. The summed E-state index contributed by atoms with van der Waals surface area (Å²) in [5.74, 6) is 1.19. The quantitative estimate of drug-likeness (QED) is 0.542. The number of benzene rings is 2. The Bertz CT molecular complexity index is 864. The van der Waals surface area contributed by atoms with Crippen molar-refractivity contribution in [2.75, 3.05) is 18.9 Å². The third-order valence-electron chi connectivity index (χ3n) is 6.10. The fourth-order valence-corrected chi connectivity index (χ4v) is 3.90. The highest BCUT2D eigenvalue weighted by Crippen LogP contribution is 2.48. The van der Waals surface area contributed by atoms with E-state index < -0.39 is 5.41 Å². The van der Waals surface area contributed by atoms with Gasteiger partial charge in [0.2, 0.25) is 0 Å². The highest BCUT2D eigenvalue weighted by Gasteiger charge is 2.47. The second-order valence-corrected chi connectivity index (χ2v) is 8.21. The highest BCUT2D eigenvalue weighted by molar-refractivity contribution is 5.88. The Hall–Kier alpha value is -2.49. The summed E-state index contributed by atoms with van der Waals surface area (Å²) in [6, 6.07) is 12.4. The van der Waals surface area contributed by atoms with E-state index in [0.717, 1.165) is 36.0 Å². The molecule has 2 aliphatic rings. The maximum absolute atomic E-state index is 12.8. The molecule has 0 unspecified atom stereocenters. The molecule has 0 aromatic heterocycles. The number of rotatable bonds is 7. The van der Waals surface area contributed by atoms with Gasteiger partial charge < -0.3 is 15.2 Å². The SMILES string of the molecule is CCOC(=O)C1(c2cc(OCC3CC3)c(N)c(-c3ccc(C)cc3)c2)CCC1. The van der Waals surface area contributed by atoms with Crippen molar-refractivity contribution in [3.63, 3.8) is 0 Å². The zero-order valence-corrected chi connectivity index (χ0v) is 16.8. The third-order valence-corrected chi connectivity index (χ3v) is 6.10. The average Bonchev–Trinajstić information content (AvgIpc) is 3.46. The van der Waals surface area contributed by atoms with Crippen molar-refractivity contribution in [3.05, 3.63) is 47.5 Å². The monoisotopic (exact) mass is 379 g/mol. The molecule has 4 rings (SSSR count). The van der Waals surface area contributed by atoms with Gasteiger partial charge in [0, 0.05) is 5.56 Å². The van der Waals surface area contributed by atoms with Crippen LogP contribution in [0.4, 0.5) is 5.69 Å². The van der Waals surface area contributed by atoms with Gasteiger partial charge in [0.25, 0.3) is 0 Å². The Balaban J connectivity index is 1.78. The summed E-state index contributed by atoms with van der Waals surface area (Å²) in [6.07, 6.45) is 5.09. The number of hydrogen-bond donors (Lipinski definition) is 1. The number of ether oxygens (including phenoxy) is 2. The molecule has 2 fully saturated rings. The topological polar surface area (TPSA) is 61.5 Å². The first-order valence-electron chi connectivity index (χ1n) is 10.3. The molecule has 4 heteroatoms. The van der Waals surface area contributed by atoms with Crippen LogP contribution >= 0.6 is 0 Å². The number of aryl methyl sites for hydroxylation is 1. The van der Waals surface area contributed by atoms with Crippen molar-refractivity contribution in [1.29, 1.82) is 0 Å². The minimum atomic E-state index is -0.569. The molecule has 2 aromatic carbocycles. The molecule has 0 radical (unpaired) electrons. The lowest BCUT2D eigenvalue weighted by atomic mass is 9.64. The van der Waals surface area contributed by atoms with Crippen LogP contribution in [0.2, 0.25) is 0 Å². The van der Waals surface area contributed by atoms with Crippen molar-refractivity contribution in [2.45, 2.75) is 51.4 Å². The van der Waals surface area contributed by atoms with Crippen LogP contribution in [-0.4, -0.2) is 19.2 Å². The smallest absolute Gasteiger partial charge is 0.316 e. The van der Waals surface area contributed by atoms with Crippen LogP contribution in [-0.2, 0) is 14.9 Å². The number of hydrogen-bond acceptors (Lipinski definition) is 4. The van der Waals surface area contributed by atoms with Crippen LogP contribution in [0, 0.1) is 12.8 Å². The van der Waals surface area contributed by atoms with Crippen molar-refractivity contribution >= 4 is 11.7 Å². The van der Waals surface area contributed by atoms with E-state index in [0.29, 0.717) is 30.6 Å². The molecule has 2 saturated carbocycles. The van der Waals surface area contributed by atoms with E-state index in [9.17, 15) is 4.79 Å². The molecule has 0 bridgehead atoms. The Morgan fingerprint density at radius 2 is 1.89 bits per heavy atom. The number of nitrogens with two attached hydrogens (primary N) is 1. The predicted octanol–water partition coefficient (Wildman–Crippen LogP) is 5.02. The van der Waals surface area contributed by atoms with Crippen molar-refractivity contribution in [2.24, 2.45) is 5.92 Å². The fraction of sp³-hybridized carbons (Fsp3) is 0.458. The maximum Gasteiger partial charge on any atom is 0.316 e. The molecule has 0 aliphatic heterocycles. The standard InChI is InChI=1S/C24H29NO3/c1-3-27-23(26)24(11-4-12-24)19-13-20(18-9-5-16(2)6-10-18)22(25)21(14-19)28-15-17-7-8-17/h5-6,9-10,13-14,17H,3-4,7-8,11-12,15,25H2,1-2H3. The van der Waals surface area contributed by atoms with Crippen molar-refractivity contribution in [3.8, 4) is 16.9 Å². The first-order valence-corrected chi connectivity index (χ1v) is 10.3. The molecule has 0 spiro atoms. The maximum atomic E-state index is 12.8. The van der Waals surface area contributed by atoms with Gasteiger partial charge in [0.15, 0.2) is 0 Å². The summed E-state index contributed by atoms with van der Waals surface area (Å²) in [5.41, 5.74) is 10.7. The van der Waals surface area contributed by atoms with Gasteiger partial charge in [-0.15, -0.1) is 0 Å². The average molecular weight is 380 g/mol. The zero-order chi connectivity index (χ0) is 19.7. The van der Waals surface area contributed by atoms with Gasteiger partial charge in [-0.2, -0.15) is 0 Å². The fourth-order valence-electron chi connectivity index (χ4n) is 3.90. The van der Waals surface area contributed by atoms with Crippen LogP contribution < -0.4 is 10.5 Å². The van der Waals surface area contributed by atoms with Crippen LogP contribution in [0.15, 0.2) is 36.4 Å². The van der Waals surface area contributed by atoms with E-state index in [1.807, 2.05) is 13.0 Å². The predicted molar refractivity (Wildman–Crippen MR) is 111 cm³/mol. The molecule has 2 aliphatic carbocycles. The zero-order valence-electron chi connectivity index (χ0n) is 16.8. The van der Waals surface area contributed by atoms with E-state index in [2.05, 4.69) is 37.3 Å². The Morgan fingerprint density at radius 3 is 2.46 bits per heavy atom. The van der Waals surface area contributed by atoms with Gasteiger partial charge in [-0.25, -0.2) is 0 Å². The lowest BCUT2D eigenvalue weighted by molar-refractivity contribution is -0.153. The minimum Gasteiger partial charge on any atom is -0.491 e. The summed E-state index contributed by atoms with van der Waals surface area (Å²) in [7, 11) is 0. The summed E-state index contributed by atoms with van der Waals surface area (Å²) in [4.78, 5) is 12.8. The van der Waals surface area contributed by atoms with Gasteiger partial charge in [-0.3, -0.25) is 4.79 Å². The molecule has 148 valence electrons. The molecular formula is C24H29NO3. The van der Waals surface area contributed by atoms with Gasteiger partial charge in [-0.1, -0.05) is 36.2 Å². The van der Waals surface area contributed by atoms with Gasteiger partial charge in [0.1, 0.15) is 5.75 Å². The Labute approximate surface area is 167 Å². The van der Waals surface area contributed by atoms with E-state index in [4.69, 9.17) is 15.2 Å². The normalized spacial score (nSPS) is 17.6. The minimum absolute atomic E-state index is 0.131. The number of esters is 1. The van der Waals surface area contributed by atoms with Gasteiger partial charge in [0.05, 0.1) is 24.3 Å². The second-order valence-electron chi connectivity index (χ2n) is 8.21. The van der Waals surface area contributed by atoms with Crippen LogP contribution in [0.3, 0.4) is 0 Å². The Kier molecular flexibility index (Phi) is 5.05. The number of nitrogen functional groups attached to an aromatic ring is 1. The lowest BCUT2D eigenvalue weighted by Gasteiger charge is -2.40.